The zero-order valence-corrected chi connectivity index (χ0v) is 17.7. The van der Waals surface area contributed by atoms with E-state index in [1.54, 1.807) is 0 Å². The van der Waals surface area contributed by atoms with E-state index in [9.17, 15) is 0 Å². The average molecular weight is 411 g/mol. The van der Waals surface area contributed by atoms with E-state index in [4.69, 9.17) is 4.43 Å². The molecule has 0 saturated heterocycles. The minimum absolute atomic E-state index is 0. The molecule has 0 fully saturated rings. The van der Waals surface area contributed by atoms with Gasteiger partial charge in [-0.25, -0.2) is 18.2 Å². The van der Waals surface area contributed by atoms with Crippen LogP contribution in [0.4, 0.5) is 0 Å². The Labute approximate surface area is 156 Å². The first-order valence-electron chi connectivity index (χ1n) is 6.16. The van der Waals surface area contributed by atoms with Gasteiger partial charge in [0.25, 0.3) is 0 Å². The fourth-order valence-electron chi connectivity index (χ4n) is 1.63. The molecule has 0 bridgehead atoms. The van der Waals surface area contributed by atoms with Crippen molar-refractivity contribution in [2.75, 3.05) is 0 Å². The molecule has 1 unspecified atom stereocenters. The smallest absolute Gasteiger partial charge is 0.414 e. The molecule has 5 heteroatoms. The zero-order chi connectivity index (χ0) is 12.7. The van der Waals surface area contributed by atoms with Crippen LogP contribution in [0.1, 0.15) is 19.8 Å². The van der Waals surface area contributed by atoms with Crippen LogP contribution in [0.3, 0.4) is 0 Å². The van der Waals surface area contributed by atoms with Gasteiger partial charge in [0.05, 0.1) is 0 Å². The van der Waals surface area contributed by atoms with Crippen molar-refractivity contribution in [3.63, 3.8) is 0 Å². The molecule has 0 heterocycles. The molecule has 0 spiro atoms. The molecule has 0 amide bonds. The molecule has 0 aromatic rings. The minimum Gasteiger partial charge on any atom is -0.414 e. The van der Waals surface area contributed by atoms with Gasteiger partial charge in [-0.1, -0.05) is 0 Å². The van der Waals surface area contributed by atoms with E-state index < -0.39 is 8.32 Å². The van der Waals surface area contributed by atoms with Crippen molar-refractivity contribution in [3.8, 4) is 0 Å². The summed E-state index contributed by atoms with van der Waals surface area (Å²) in [7, 11) is -1.38. The third kappa shape index (κ3) is 12.3. The molecule has 20 heavy (non-hydrogen) atoms. The second-order valence-corrected chi connectivity index (χ2v) is 9.57. The molecule has 0 aliphatic heterocycles. The second-order valence-electron chi connectivity index (χ2n) is 5.11. The van der Waals surface area contributed by atoms with Crippen LogP contribution in [0.15, 0.2) is 36.0 Å². The molecular weight excluding hydrogens is 386 g/mol. The first-order chi connectivity index (χ1) is 7.99. The van der Waals surface area contributed by atoms with Crippen molar-refractivity contribution < 1.29 is 30.6 Å². The van der Waals surface area contributed by atoms with Gasteiger partial charge in [-0.15, -0.1) is 37.7 Å². The Bertz CT molecular complexity index is 347. The summed E-state index contributed by atoms with van der Waals surface area (Å²) in [6.45, 7) is 8.74. The molecule has 0 N–H and O–H groups in total. The number of allylic oxidation sites excluding steroid dienone is 6. The minimum atomic E-state index is -1.38. The van der Waals surface area contributed by atoms with Gasteiger partial charge in [-0.2, -0.15) is 17.7 Å². The Hall–Kier alpha value is 0.600. The maximum absolute atomic E-state index is 5.91. The maximum atomic E-state index is 5.91. The predicted molar refractivity (Wildman–Crippen MR) is 90.5 cm³/mol. The van der Waals surface area contributed by atoms with Crippen LogP contribution in [0, 0.1) is 12.2 Å². The molecule has 2 aliphatic carbocycles. The van der Waals surface area contributed by atoms with Crippen molar-refractivity contribution in [2.24, 2.45) is 0 Å². The van der Waals surface area contributed by atoms with Gasteiger partial charge in [0.15, 0.2) is 8.32 Å². The zero-order valence-electron chi connectivity index (χ0n) is 12.6. The summed E-state index contributed by atoms with van der Waals surface area (Å²) in [4.78, 5) is 0. The molecule has 0 saturated carbocycles. The molecule has 0 aromatic carbocycles. The van der Waals surface area contributed by atoms with E-state index in [0.29, 0.717) is 0 Å². The van der Waals surface area contributed by atoms with Gasteiger partial charge >= 0.3 is 26.2 Å². The fourth-order valence-corrected chi connectivity index (χ4v) is 2.82. The van der Waals surface area contributed by atoms with Crippen LogP contribution in [0.5, 0.6) is 0 Å². The Balaban J connectivity index is -0.000000312. The van der Waals surface area contributed by atoms with E-state index in [1.807, 2.05) is 12.2 Å². The molecule has 1 atom stereocenters. The third-order valence-electron chi connectivity index (χ3n) is 2.28. The van der Waals surface area contributed by atoms with E-state index >= 15 is 0 Å². The van der Waals surface area contributed by atoms with Gasteiger partial charge in [0.1, 0.15) is 0 Å². The summed E-state index contributed by atoms with van der Waals surface area (Å²) >= 11 is 0. The summed E-state index contributed by atoms with van der Waals surface area (Å²) in [5, 5.41) is 0. The Morgan fingerprint density at radius 2 is 1.80 bits per heavy atom. The predicted octanol–water partition coefficient (Wildman–Crippen LogP) is 5.06. The standard InChI is InChI=1S/C10H17OSi.C5H5.2ClH.Zr/c1-9(11-12(2,3)4)10-7-5-6-8-10;1-2-4-5-3-1;;;/h5,7,9H,6H2,1-4H3;1-3H,4H2;2*1H;/q2*-1;;;+2. The van der Waals surface area contributed by atoms with Crippen LogP contribution in [-0.2, 0) is 30.6 Å². The summed E-state index contributed by atoms with van der Waals surface area (Å²) in [5.41, 5.74) is 1.22. The van der Waals surface area contributed by atoms with Crippen molar-refractivity contribution >= 4 is 33.1 Å². The molecule has 2 rings (SSSR count). The quantitative estimate of drug-likeness (QED) is 0.467. The largest absolute Gasteiger partial charge is 2.00 e. The number of rotatable bonds is 3. The van der Waals surface area contributed by atoms with E-state index in [2.05, 4.69) is 56.9 Å². The van der Waals surface area contributed by atoms with Crippen LogP contribution < -0.4 is 0 Å². The van der Waals surface area contributed by atoms with Gasteiger partial charge < -0.3 is 4.43 Å². The van der Waals surface area contributed by atoms with Crippen LogP contribution in [0.2, 0.25) is 19.6 Å². The molecule has 0 radical (unpaired) electrons. The summed E-state index contributed by atoms with van der Waals surface area (Å²) in [6.07, 6.45) is 18.7. The molecule has 2 aliphatic rings. The monoisotopic (exact) mass is 408 g/mol. The summed E-state index contributed by atoms with van der Waals surface area (Å²) < 4.78 is 5.91. The van der Waals surface area contributed by atoms with Crippen LogP contribution in [0.25, 0.3) is 0 Å². The maximum Gasteiger partial charge on any atom is 2.00 e. The SMILES string of the molecule is CC(O[Si](C)(C)C)C1=[C-]CC=C1.Cl.Cl.[C-]1=CC=CC1.[Zr+2]. The third-order valence-corrected chi connectivity index (χ3v) is 3.34. The number of halogens is 2. The van der Waals surface area contributed by atoms with E-state index in [-0.39, 0.29) is 57.1 Å². The van der Waals surface area contributed by atoms with Crippen molar-refractivity contribution in [2.45, 2.75) is 45.5 Å². The Morgan fingerprint density at radius 3 is 2.10 bits per heavy atom. The number of hydrogen-bond acceptors (Lipinski definition) is 1. The van der Waals surface area contributed by atoms with Gasteiger partial charge in [0.2, 0.25) is 0 Å². The molecule has 112 valence electrons. The fraction of sp³-hybridized carbons (Fsp3) is 0.467. The first-order valence-corrected chi connectivity index (χ1v) is 9.57. The number of hydrogen-bond donors (Lipinski definition) is 0. The Morgan fingerprint density at radius 1 is 1.15 bits per heavy atom. The van der Waals surface area contributed by atoms with Crippen LogP contribution >= 0.6 is 24.8 Å². The van der Waals surface area contributed by atoms with Crippen molar-refractivity contribution in [1.29, 1.82) is 0 Å². The topological polar surface area (TPSA) is 9.23 Å². The normalized spacial score (nSPS) is 16.1. The van der Waals surface area contributed by atoms with Crippen LogP contribution in [-0.4, -0.2) is 14.4 Å². The van der Waals surface area contributed by atoms with E-state index in [0.717, 1.165) is 12.8 Å². The average Bonchev–Trinajstić information content (AvgIpc) is 2.93. The van der Waals surface area contributed by atoms with Gasteiger partial charge in [-0.3, -0.25) is 12.2 Å². The van der Waals surface area contributed by atoms with E-state index in [1.165, 1.54) is 5.57 Å². The Kier molecular flexibility index (Phi) is 17.0. The van der Waals surface area contributed by atoms with Gasteiger partial charge in [0, 0.05) is 6.10 Å². The van der Waals surface area contributed by atoms with Crippen molar-refractivity contribution in [3.05, 3.63) is 48.1 Å². The molecular formula is C15H24Cl2OSiZr. The summed E-state index contributed by atoms with van der Waals surface area (Å²) in [6, 6.07) is 0. The first kappa shape index (κ1) is 25.5. The molecule has 1 nitrogen and oxygen atoms in total. The summed E-state index contributed by atoms with van der Waals surface area (Å²) in [5.74, 6) is 0. The second kappa shape index (κ2) is 13.3. The molecule has 0 aromatic heterocycles. The van der Waals surface area contributed by atoms with Crippen molar-refractivity contribution in [1.82, 2.24) is 0 Å². The van der Waals surface area contributed by atoms with Gasteiger partial charge in [-0.05, 0) is 26.6 Å².